The molecule has 1 saturated heterocycles. The first-order valence-electron chi connectivity index (χ1n) is 12.4. The van der Waals surface area contributed by atoms with Crippen molar-refractivity contribution in [2.75, 3.05) is 13.1 Å². The van der Waals surface area contributed by atoms with Gasteiger partial charge in [-0.2, -0.15) is 14.3 Å². The van der Waals surface area contributed by atoms with Crippen LogP contribution in [0.3, 0.4) is 0 Å². The van der Waals surface area contributed by atoms with Crippen LogP contribution in [-0.4, -0.2) is 62.1 Å². The van der Waals surface area contributed by atoms with Gasteiger partial charge in [0.05, 0.1) is 17.2 Å². The third-order valence-electron chi connectivity index (χ3n) is 6.52. The van der Waals surface area contributed by atoms with Crippen LogP contribution in [0.25, 0.3) is 11.0 Å². The van der Waals surface area contributed by atoms with Crippen LogP contribution >= 0.6 is 0 Å². The van der Waals surface area contributed by atoms with E-state index in [0.717, 1.165) is 10.9 Å². The molecule has 1 atom stereocenters. The summed E-state index contributed by atoms with van der Waals surface area (Å²) in [6, 6.07) is 9.83. The molecule has 1 fully saturated rings. The molecular weight excluding hydrogens is 544 g/mol. The van der Waals surface area contributed by atoms with Crippen molar-refractivity contribution in [1.82, 2.24) is 18.8 Å². The number of rotatable bonds is 9. The summed E-state index contributed by atoms with van der Waals surface area (Å²) < 4.78 is 53.1. The first-order valence-corrected chi connectivity index (χ1v) is 15.0. The van der Waals surface area contributed by atoms with E-state index in [9.17, 15) is 22.9 Å². The van der Waals surface area contributed by atoms with Gasteiger partial charge in [0.15, 0.2) is 0 Å². The van der Waals surface area contributed by atoms with Crippen LogP contribution in [0, 0.1) is 0 Å². The Labute approximate surface area is 228 Å². The molecule has 0 aliphatic carbocycles. The molecule has 3 aromatic heterocycles. The Morgan fingerprint density at radius 3 is 2.54 bits per heavy atom. The van der Waals surface area contributed by atoms with Crippen LogP contribution in [0.15, 0.2) is 74.6 Å². The maximum atomic E-state index is 13.3. The van der Waals surface area contributed by atoms with Crippen molar-refractivity contribution < 1.29 is 32.0 Å². The Hall–Kier alpha value is -3.39. The monoisotopic (exact) mass is 572 g/mol. The molecule has 39 heavy (non-hydrogen) atoms. The number of carbonyl (C=O) groups is 1. The fourth-order valence-electron chi connectivity index (χ4n) is 4.78. The number of carboxylic acids is 1. The van der Waals surface area contributed by atoms with E-state index in [2.05, 4.69) is 9.97 Å². The molecule has 206 valence electrons. The molecule has 0 amide bonds. The molecule has 0 radical (unpaired) electrons. The van der Waals surface area contributed by atoms with E-state index in [-0.39, 0.29) is 33.7 Å². The van der Waals surface area contributed by atoms with Crippen LogP contribution in [0.5, 0.6) is 5.75 Å². The summed E-state index contributed by atoms with van der Waals surface area (Å²) in [5.41, 5.74) is 1.28. The van der Waals surface area contributed by atoms with Gasteiger partial charge < -0.3 is 23.4 Å². The quantitative estimate of drug-likeness (QED) is 0.297. The molecule has 0 spiro atoms. The summed E-state index contributed by atoms with van der Waals surface area (Å²) in [6.45, 7) is 4.14. The van der Waals surface area contributed by atoms with E-state index in [4.69, 9.17) is 9.15 Å². The number of pyridine rings is 1. The average Bonchev–Trinajstić information content (AvgIpc) is 3.57. The van der Waals surface area contributed by atoms with Gasteiger partial charge in [-0.1, -0.05) is 0 Å². The second-order valence-electron chi connectivity index (χ2n) is 9.51. The highest BCUT2D eigenvalue weighted by molar-refractivity contribution is 7.91. The molecule has 4 heterocycles. The Balaban J connectivity index is 1.36. The third kappa shape index (κ3) is 5.66. The maximum Gasteiger partial charge on any atom is 0.422 e. The van der Waals surface area contributed by atoms with E-state index in [1.54, 1.807) is 42.6 Å². The molecule has 13 heteroatoms. The zero-order valence-corrected chi connectivity index (χ0v) is 23.0. The molecule has 1 N–H and O–H groups in total. The summed E-state index contributed by atoms with van der Waals surface area (Å²) in [7, 11) is -3.67. The SMILES string of the molecule is CC(C)Oc1ccc(S(=O)(=O)N2CCC(c3cn(CC(=O)O)c4nc([S+]([O-])c5ncco5)ccc34)CC2)cc1. The van der Waals surface area contributed by atoms with Crippen LogP contribution in [-0.2, 0) is 32.5 Å². The fraction of sp³-hybridized carbons (Fsp3) is 0.346. The van der Waals surface area contributed by atoms with Gasteiger partial charge in [0.1, 0.15) is 35.4 Å². The van der Waals surface area contributed by atoms with Crippen molar-refractivity contribution in [2.45, 2.75) is 60.4 Å². The van der Waals surface area contributed by atoms with Gasteiger partial charge in [-0.3, -0.25) is 4.79 Å². The smallest absolute Gasteiger partial charge is 0.422 e. The number of hydrogen-bond acceptors (Lipinski definition) is 8. The molecule has 1 aliphatic heterocycles. The van der Waals surface area contributed by atoms with Gasteiger partial charge in [0.2, 0.25) is 10.0 Å². The number of aromatic nitrogens is 3. The summed E-state index contributed by atoms with van der Waals surface area (Å²) in [5.74, 6) is -0.424. The van der Waals surface area contributed by atoms with Crippen molar-refractivity contribution >= 4 is 38.2 Å². The number of oxazole rings is 1. The highest BCUT2D eigenvalue weighted by Gasteiger charge is 2.32. The maximum absolute atomic E-state index is 13.3. The number of piperidine rings is 1. The lowest BCUT2D eigenvalue weighted by Crippen LogP contribution is -2.37. The summed E-state index contributed by atoms with van der Waals surface area (Å²) >= 11 is -1.76. The topological polar surface area (TPSA) is 151 Å². The number of benzene rings is 1. The van der Waals surface area contributed by atoms with Crippen molar-refractivity contribution in [3.63, 3.8) is 0 Å². The zero-order chi connectivity index (χ0) is 27.7. The largest absolute Gasteiger partial charge is 0.601 e. The van der Waals surface area contributed by atoms with E-state index < -0.39 is 27.2 Å². The van der Waals surface area contributed by atoms with Crippen LogP contribution in [0.2, 0.25) is 0 Å². The second-order valence-corrected chi connectivity index (χ2v) is 12.8. The van der Waals surface area contributed by atoms with Crippen LogP contribution < -0.4 is 4.74 Å². The number of sulfonamides is 1. The predicted molar refractivity (Wildman–Crippen MR) is 141 cm³/mol. The second kappa shape index (κ2) is 11.0. The fourth-order valence-corrected chi connectivity index (χ4v) is 7.09. The minimum Gasteiger partial charge on any atom is -0.601 e. The molecule has 11 nitrogen and oxygen atoms in total. The number of hydrogen-bond donors (Lipinski definition) is 1. The molecule has 4 aromatic rings. The summed E-state index contributed by atoms with van der Waals surface area (Å²) in [5, 5.41) is 10.4. The lowest BCUT2D eigenvalue weighted by Gasteiger charge is -2.31. The Kier molecular flexibility index (Phi) is 7.67. The Morgan fingerprint density at radius 2 is 1.92 bits per heavy atom. The molecule has 0 bridgehead atoms. The first kappa shape index (κ1) is 27.2. The predicted octanol–water partition coefficient (Wildman–Crippen LogP) is 3.63. The third-order valence-corrected chi connectivity index (χ3v) is 9.56. The molecule has 1 unspecified atom stereocenters. The number of aliphatic carboxylic acids is 1. The van der Waals surface area contributed by atoms with E-state index in [1.807, 2.05) is 13.8 Å². The van der Waals surface area contributed by atoms with Crippen LogP contribution in [0.4, 0.5) is 0 Å². The molecule has 1 aliphatic rings. The van der Waals surface area contributed by atoms with Gasteiger partial charge in [0.25, 0.3) is 5.03 Å². The highest BCUT2D eigenvalue weighted by atomic mass is 32.2. The lowest BCUT2D eigenvalue weighted by molar-refractivity contribution is -0.137. The number of fused-ring (bicyclic) bond motifs is 1. The average molecular weight is 573 g/mol. The van der Waals surface area contributed by atoms with Crippen molar-refractivity contribution in [2.24, 2.45) is 0 Å². The van der Waals surface area contributed by atoms with Gasteiger partial charge in [-0.25, -0.2) is 8.42 Å². The molecule has 0 saturated carbocycles. The van der Waals surface area contributed by atoms with E-state index >= 15 is 0 Å². The normalized spacial score (nSPS) is 16.1. The van der Waals surface area contributed by atoms with Crippen molar-refractivity contribution in [3.8, 4) is 5.75 Å². The van der Waals surface area contributed by atoms with Gasteiger partial charge in [-0.05, 0) is 68.5 Å². The standard InChI is InChI=1S/C26H28N4O7S2/c1-17(2)37-19-3-5-20(6-4-19)39(34,35)30-12-9-18(10-13-30)22-15-29(16-24(31)32)25-21(22)7-8-23(28-25)38(33)26-27-11-14-36-26/h3-8,11,14-15,17-18H,9-10,12-13,16H2,1-2H3,(H,31,32). The molecular formula is C26H28N4O7S2. The molecule has 5 rings (SSSR count). The van der Waals surface area contributed by atoms with Gasteiger partial charge in [-0.15, -0.1) is 0 Å². The minimum atomic E-state index is -3.67. The molecule has 1 aromatic carbocycles. The highest BCUT2D eigenvalue weighted by Crippen LogP contribution is 2.36. The number of carboxylic acid groups (broad SMARTS) is 1. The summed E-state index contributed by atoms with van der Waals surface area (Å²) in [4.78, 5) is 20.2. The minimum absolute atomic E-state index is 0.000649. The Bertz CT molecular complexity index is 1560. The van der Waals surface area contributed by atoms with Gasteiger partial charge in [0, 0.05) is 30.7 Å². The summed E-state index contributed by atoms with van der Waals surface area (Å²) in [6.07, 6.45) is 5.57. The zero-order valence-electron chi connectivity index (χ0n) is 21.4. The van der Waals surface area contributed by atoms with E-state index in [1.165, 1.54) is 21.3 Å². The Morgan fingerprint density at radius 1 is 1.21 bits per heavy atom. The lowest BCUT2D eigenvalue weighted by atomic mass is 9.90. The van der Waals surface area contributed by atoms with E-state index in [0.29, 0.717) is 37.3 Å². The van der Waals surface area contributed by atoms with Crippen LogP contribution in [0.1, 0.15) is 38.2 Å². The number of nitrogens with zero attached hydrogens (tertiary/aromatic N) is 4. The number of ether oxygens (including phenoxy) is 1. The van der Waals surface area contributed by atoms with Crippen molar-refractivity contribution in [1.29, 1.82) is 0 Å². The first-order chi connectivity index (χ1) is 18.6. The van der Waals surface area contributed by atoms with Crippen molar-refractivity contribution in [3.05, 3.63) is 60.6 Å². The van der Waals surface area contributed by atoms with Gasteiger partial charge >= 0.3 is 11.2 Å².